The van der Waals surface area contributed by atoms with E-state index in [2.05, 4.69) is 19.1 Å². The van der Waals surface area contributed by atoms with E-state index >= 15 is 0 Å². The van der Waals surface area contributed by atoms with Gasteiger partial charge in [0.25, 0.3) is 0 Å². The van der Waals surface area contributed by atoms with Crippen molar-refractivity contribution in [2.75, 3.05) is 0 Å². The van der Waals surface area contributed by atoms with Crippen LogP contribution in [0.25, 0.3) is 0 Å². The Morgan fingerprint density at radius 1 is 0.710 bits per heavy atom. The van der Waals surface area contributed by atoms with E-state index in [9.17, 15) is 8.78 Å². The lowest BCUT2D eigenvalue weighted by atomic mass is 9.68. The van der Waals surface area contributed by atoms with E-state index < -0.39 is 11.6 Å². The molecular weight excluding hydrogens is 386 g/mol. The molecule has 0 N–H and O–H groups in total. The Morgan fingerprint density at radius 3 is 1.81 bits per heavy atom. The third-order valence-electron chi connectivity index (χ3n) is 8.91. The summed E-state index contributed by atoms with van der Waals surface area (Å²) in [6.07, 6.45) is 24.0. The zero-order chi connectivity index (χ0) is 21.6. The Hall–Kier alpha value is -1.18. The highest BCUT2D eigenvalue weighted by Gasteiger charge is 2.30. The second-order valence-corrected chi connectivity index (χ2v) is 10.9. The molecule has 3 aliphatic rings. The fourth-order valence-electron chi connectivity index (χ4n) is 6.89. The SMILES string of the molecule is CCCC1CCC(C2CCC(/C=C/C3CCC(c4ccc(F)c(F)c4)CC3)CC2)CC1. The smallest absolute Gasteiger partial charge is 0.159 e. The summed E-state index contributed by atoms with van der Waals surface area (Å²) >= 11 is 0. The summed E-state index contributed by atoms with van der Waals surface area (Å²) in [5.74, 6) is 3.46. The Balaban J connectivity index is 1.17. The topological polar surface area (TPSA) is 0 Å². The summed E-state index contributed by atoms with van der Waals surface area (Å²) in [5.41, 5.74) is 0.975. The minimum Gasteiger partial charge on any atom is -0.204 e. The van der Waals surface area contributed by atoms with E-state index in [0.717, 1.165) is 42.1 Å². The number of halogens is 2. The van der Waals surface area contributed by atoms with E-state index in [1.165, 1.54) is 89.2 Å². The van der Waals surface area contributed by atoms with Crippen LogP contribution in [0.1, 0.15) is 108 Å². The molecule has 0 saturated heterocycles. The van der Waals surface area contributed by atoms with Gasteiger partial charge in [-0.05, 0) is 117 Å². The van der Waals surface area contributed by atoms with Gasteiger partial charge in [0.2, 0.25) is 0 Å². The minimum absolute atomic E-state index is 0.391. The molecule has 0 spiro atoms. The molecule has 3 fully saturated rings. The molecule has 0 aliphatic heterocycles. The predicted molar refractivity (Wildman–Crippen MR) is 126 cm³/mol. The first-order valence-corrected chi connectivity index (χ1v) is 13.3. The largest absolute Gasteiger partial charge is 0.204 e. The average molecular weight is 429 g/mol. The normalized spacial score (nSPS) is 34.8. The molecule has 3 saturated carbocycles. The first kappa shape index (κ1) is 23.0. The van der Waals surface area contributed by atoms with Gasteiger partial charge in [-0.1, -0.05) is 50.8 Å². The molecule has 0 atom stereocenters. The maximum atomic E-state index is 13.5. The van der Waals surface area contributed by atoms with Crippen molar-refractivity contribution in [1.82, 2.24) is 0 Å². The number of rotatable bonds is 6. The van der Waals surface area contributed by atoms with Gasteiger partial charge in [0.1, 0.15) is 0 Å². The van der Waals surface area contributed by atoms with Crippen LogP contribution < -0.4 is 0 Å². The molecule has 3 aliphatic carbocycles. The van der Waals surface area contributed by atoms with Gasteiger partial charge < -0.3 is 0 Å². The standard InChI is InChI=1S/C29H42F2/c1-2-3-21-6-12-24(13-7-21)25-14-8-22(9-15-25)4-5-23-10-16-26(17-11-23)27-18-19-28(30)29(31)20-27/h4-5,18-26H,2-3,6-17H2,1H3/b5-4+. The molecule has 1 aromatic rings. The van der Waals surface area contributed by atoms with Crippen molar-refractivity contribution in [2.45, 2.75) is 103 Å². The molecule has 0 radical (unpaired) electrons. The molecule has 0 aromatic heterocycles. The summed E-state index contributed by atoms with van der Waals surface area (Å²) in [7, 11) is 0. The Labute approximate surface area is 188 Å². The van der Waals surface area contributed by atoms with Gasteiger partial charge in [-0.3, -0.25) is 0 Å². The number of allylic oxidation sites excluding steroid dienone is 2. The first-order chi connectivity index (χ1) is 15.1. The van der Waals surface area contributed by atoms with Gasteiger partial charge in [0.15, 0.2) is 11.6 Å². The number of hydrogen-bond donors (Lipinski definition) is 0. The van der Waals surface area contributed by atoms with Crippen LogP contribution in [0.4, 0.5) is 8.78 Å². The maximum absolute atomic E-state index is 13.5. The van der Waals surface area contributed by atoms with Crippen molar-refractivity contribution in [3.8, 4) is 0 Å². The minimum atomic E-state index is -0.737. The molecular formula is C29H42F2. The lowest BCUT2D eigenvalue weighted by molar-refractivity contribution is 0.152. The zero-order valence-corrected chi connectivity index (χ0v) is 19.5. The molecule has 0 unspecified atom stereocenters. The van der Waals surface area contributed by atoms with Crippen LogP contribution in [-0.2, 0) is 0 Å². The van der Waals surface area contributed by atoms with E-state index in [4.69, 9.17) is 0 Å². The fourth-order valence-corrected chi connectivity index (χ4v) is 6.89. The van der Waals surface area contributed by atoms with Crippen LogP contribution in [0, 0.1) is 41.2 Å². The summed E-state index contributed by atoms with van der Waals surface area (Å²) in [5, 5.41) is 0. The van der Waals surface area contributed by atoms with Crippen molar-refractivity contribution in [2.24, 2.45) is 29.6 Å². The Morgan fingerprint density at radius 2 is 1.26 bits per heavy atom. The summed E-state index contributed by atoms with van der Waals surface area (Å²) in [4.78, 5) is 0. The van der Waals surface area contributed by atoms with Crippen molar-refractivity contribution in [3.63, 3.8) is 0 Å². The van der Waals surface area contributed by atoms with E-state index in [1.54, 1.807) is 6.07 Å². The van der Waals surface area contributed by atoms with Gasteiger partial charge in [0, 0.05) is 0 Å². The monoisotopic (exact) mass is 428 g/mol. The molecule has 172 valence electrons. The molecule has 4 rings (SSSR count). The Bertz CT molecular complexity index is 699. The molecule has 0 heterocycles. The van der Waals surface area contributed by atoms with E-state index in [1.807, 2.05) is 0 Å². The fraction of sp³-hybridized carbons (Fsp3) is 0.724. The lowest BCUT2D eigenvalue weighted by Crippen LogP contribution is -2.25. The molecule has 0 bridgehead atoms. The number of benzene rings is 1. The highest BCUT2D eigenvalue weighted by atomic mass is 19.2. The van der Waals surface area contributed by atoms with Crippen LogP contribution in [0.2, 0.25) is 0 Å². The van der Waals surface area contributed by atoms with E-state index in [0.29, 0.717) is 11.8 Å². The summed E-state index contributed by atoms with van der Waals surface area (Å²) < 4.78 is 26.7. The molecule has 0 amide bonds. The first-order valence-electron chi connectivity index (χ1n) is 13.3. The molecule has 31 heavy (non-hydrogen) atoms. The van der Waals surface area contributed by atoms with Gasteiger partial charge >= 0.3 is 0 Å². The van der Waals surface area contributed by atoms with Crippen molar-refractivity contribution >= 4 is 0 Å². The van der Waals surface area contributed by atoms with Gasteiger partial charge in [-0.15, -0.1) is 0 Å². The van der Waals surface area contributed by atoms with Gasteiger partial charge in [-0.25, -0.2) is 8.78 Å². The Kier molecular flexibility index (Phi) is 8.24. The quantitative estimate of drug-likeness (QED) is 0.396. The third kappa shape index (κ3) is 6.20. The van der Waals surface area contributed by atoms with E-state index in [-0.39, 0.29) is 0 Å². The average Bonchev–Trinajstić information content (AvgIpc) is 2.81. The second kappa shape index (κ2) is 11.1. The summed E-state index contributed by atoms with van der Waals surface area (Å²) in [6.45, 7) is 2.33. The molecule has 0 nitrogen and oxygen atoms in total. The third-order valence-corrected chi connectivity index (χ3v) is 8.91. The zero-order valence-electron chi connectivity index (χ0n) is 19.5. The van der Waals surface area contributed by atoms with Crippen LogP contribution in [0.5, 0.6) is 0 Å². The van der Waals surface area contributed by atoms with Gasteiger partial charge in [0.05, 0.1) is 0 Å². The van der Waals surface area contributed by atoms with Crippen molar-refractivity contribution in [1.29, 1.82) is 0 Å². The van der Waals surface area contributed by atoms with Crippen molar-refractivity contribution in [3.05, 3.63) is 47.5 Å². The highest BCUT2D eigenvalue weighted by Crippen LogP contribution is 2.43. The number of hydrogen-bond acceptors (Lipinski definition) is 0. The van der Waals surface area contributed by atoms with Crippen LogP contribution in [0.15, 0.2) is 30.4 Å². The van der Waals surface area contributed by atoms with Crippen LogP contribution in [-0.4, -0.2) is 0 Å². The van der Waals surface area contributed by atoms with Crippen LogP contribution in [0.3, 0.4) is 0 Å². The lowest BCUT2D eigenvalue weighted by Gasteiger charge is -2.37. The second-order valence-electron chi connectivity index (χ2n) is 10.9. The predicted octanol–water partition coefficient (Wildman–Crippen LogP) is 9.21. The van der Waals surface area contributed by atoms with Gasteiger partial charge in [-0.2, -0.15) is 0 Å². The summed E-state index contributed by atoms with van der Waals surface area (Å²) in [6, 6.07) is 4.46. The highest BCUT2D eigenvalue weighted by molar-refractivity contribution is 5.22. The maximum Gasteiger partial charge on any atom is 0.159 e. The molecule has 2 heteroatoms. The van der Waals surface area contributed by atoms with Crippen molar-refractivity contribution < 1.29 is 8.78 Å². The van der Waals surface area contributed by atoms with Crippen LogP contribution >= 0.6 is 0 Å². The molecule has 1 aromatic carbocycles.